The first kappa shape index (κ1) is 16.9. The number of hydrogen-bond donors (Lipinski definition) is 3. The molecule has 3 nitrogen and oxygen atoms in total. The Morgan fingerprint density at radius 3 is 2.42 bits per heavy atom. The molecule has 3 rings (SSSR count). The minimum atomic E-state index is -0.300. The van der Waals surface area contributed by atoms with Crippen LogP contribution in [0, 0.1) is 5.82 Å². The molecule has 126 valence electrons. The van der Waals surface area contributed by atoms with Crippen LogP contribution in [0.2, 0.25) is 0 Å². The van der Waals surface area contributed by atoms with E-state index in [4.69, 9.17) is 12.2 Å². The quantitative estimate of drug-likeness (QED) is 0.728. The maximum atomic E-state index is 13.7. The number of quaternary nitrogens is 1. The van der Waals surface area contributed by atoms with E-state index in [2.05, 4.69) is 34.9 Å². The Bertz CT molecular complexity index is 671. The Hall–Kier alpha value is -1.98. The fourth-order valence-corrected chi connectivity index (χ4v) is 3.48. The van der Waals surface area contributed by atoms with Crippen LogP contribution in [-0.2, 0) is 0 Å². The molecule has 0 amide bonds. The van der Waals surface area contributed by atoms with Gasteiger partial charge in [0, 0.05) is 18.4 Å². The third-order valence-corrected chi connectivity index (χ3v) is 4.78. The van der Waals surface area contributed by atoms with Gasteiger partial charge in [-0.1, -0.05) is 42.5 Å². The zero-order chi connectivity index (χ0) is 16.8. The summed E-state index contributed by atoms with van der Waals surface area (Å²) in [6.07, 6.45) is 2.55. The van der Waals surface area contributed by atoms with Gasteiger partial charge in [-0.3, -0.25) is 0 Å². The average molecular weight is 344 g/mol. The minimum Gasteiger partial charge on any atom is -0.356 e. The van der Waals surface area contributed by atoms with Gasteiger partial charge in [0.05, 0.1) is 25.3 Å². The number of anilines is 1. The Morgan fingerprint density at radius 2 is 1.71 bits per heavy atom. The van der Waals surface area contributed by atoms with Crippen molar-refractivity contribution in [1.82, 2.24) is 5.32 Å². The molecule has 1 aliphatic heterocycles. The van der Waals surface area contributed by atoms with Crippen molar-refractivity contribution in [1.29, 1.82) is 0 Å². The molecule has 0 aliphatic carbocycles. The van der Waals surface area contributed by atoms with Crippen molar-refractivity contribution in [3.8, 4) is 0 Å². The molecule has 0 spiro atoms. The van der Waals surface area contributed by atoms with Crippen LogP contribution >= 0.6 is 12.2 Å². The van der Waals surface area contributed by atoms with Gasteiger partial charge in [0.25, 0.3) is 0 Å². The van der Waals surface area contributed by atoms with E-state index < -0.39 is 0 Å². The minimum absolute atomic E-state index is 0.300. The fourth-order valence-electron chi connectivity index (χ4n) is 3.28. The summed E-state index contributed by atoms with van der Waals surface area (Å²) in [5.41, 5.74) is 1.72. The predicted molar refractivity (Wildman–Crippen MR) is 99.7 cm³/mol. The summed E-state index contributed by atoms with van der Waals surface area (Å²) in [6, 6.07) is 17.5. The van der Waals surface area contributed by atoms with Crippen LogP contribution in [-0.4, -0.2) is 24.7 Å². The molecular formula is C19H23FN3S+. The molecule has 0 aromatic heterocycles. The molecule has 1 atom stereocenters. The Labute approximate surface area is 147 Å². The molecule has 2 aromatic carbocycles. The molecule has 0 bridgehead atoms. The second-order valence-corrected chi connectivity index (χ2v) is 6.55. The fraction of sp³-hybridized carbons (Fsp3) is 0.316. The number of halogens is 1. The van der Waals surface area contributed by atoms with Gasteiger partial charge in [-0.15, -0.1) is 0 Å². The molecule has 1 heterocycles. The van der Waals surface area contributed by atoms with Gasteiger partial charge < -0.3 is 15.5 Å². The van der Waals surface area contributed by atoms with Crippen LogP contribution in [0.4, 0.5) is 10.1 Å². The highest BCUT2D eigenvalue weighted by Crippen LogP contribution is 2.13. The zero-order valence-corrected chi connectivity index (χ0v) is 14.4. The normalized spacial score (nSPS) is 15.9. The van der Waals surface area contributed by atoms with Crippen molar-refractivity contribution >= 4 is 23.0 Å². The zero-order valence-electron chi connectivity index (χ0n) is 13.6. The summed E-state index contributed by atoms with van der Waals surface area (Å²) in [6.45, 7) is 3.11. The molecule has 3 N–H and O–H groups in total. The van der Waals surface area contributed by atoms with E-state index in [1.54, 1.807) is 23.1 Å². The van der Waals surface area contributed by atoms with Crippen molar-refractivity contribution in [2.75, 3.05) is 25.0 Å². The van der Waals surface area contributed by atoms with Crippen LogP contribution in [0.1, 0.15) is 24.4 Å². The summed E-state index contributed by atoms with van der Waals surface area (Å²) in [4.78, 5) is 1.59. The monoisotopic (exact) mass is 344 g/mol. The largest absolute Gasteiger partial charge is 0.356 e. The van der Waals surface area contributed by atoms with Crippen LogP contribution in [0.15, 0.2) is 54.6 Å². The second kappa shape index (κ2) is 8.22. The van der Waals surface area contributed by atoms with Gasteiger partial charge in [0.1, 0.15) is 11.9 Å². The van der Waals surface area contributed by atoms with E-state index in [0.29, 0.717) is 16.8 Å². The molecule has 2 aromatic rings. The molecule has 0 saturated carbocycles. The standard InChI is InChI=1S/C19H22FN3S/c20-16-10-4-5-11-17(16)22-19(24)21-14-18(23-12-6-7-13-23)15-8-2-1-3-9-15/h1-5,8-11,18H,6-7,12-14H2,(H2,21,22,24)/p+1/t18-/m1/s1. The summed E-state index contributed by atoms with van der Waals surface area (Å²) in [5, 5.41) is 6.67. The van der Waals surface area contributed by atoms with Gasteiger partial charge in [-0.2, -0.15) is 0 Å². The molecular weight excluding hydrogens is 321 g/mol. The van der Waals surface area contributed by atoms with Crippen molar-refractivity contribution in [2.24, 2.45) is 0 Å². The summed E-state index contributed by atoms with van der Waals surface area (Å²) in [7, 11) is 0. The van der Waals surface area contributed by atoms with E-state index in [0.717, 1.165) is 6.54 Å². The van der Waals surface area contributed by atoms with Crippen molar-refractivity contribution in [3.05, 3.63) is 66.0 Å². The highest BCUT2D eigenvalue weighted by molar-refractivity contribution is 7.80. The summed E-state index contributed by atoms with van der Waals surface area (Å²) >= 11 is 5.34. The van der Waals surface area contributed by atoms with E-state index in [1.165, 1.54) is 37.6 Å². The molecule has 0 unspecified atom stereocenters. The summed E-state index contributed by atoms with van der Waals surface area (Å²) < 4.78 is 13.7. The Kier molecular flexibility index (Phi) is 5.77. The first-order valence-corrected chi connectivity index (χ1v) is 8.84. The van der Waals surface area contributed by atoms with Crippen LogP contribution in [0.25, 0.3) is 0 Å². The van der Waals surface area contributed by atoms with Crippen molar-refractivity contribution in [3.63, 3.8) is 0 Å². The maximum Gasteiger partial charge on any atom is 0.171 e. The van der Waals surface area contributed by atoms with Crippen LogP contribution in [0.3, 0.4) is 0 Å². The Balaban J connectivity index is 1.63. The lowest BCUT2D eigenvalue weighted by Crippen LogP contribution is -3.11. The van der Waals surface area contributed by atoms with E-state index in [1.807, 2.05) is 6.07 Å². The highest BCUT2D eigenvalue weighted by Gasteiger charge is 2.27. The number of nitrogens with one attached hydrogen (secondary N) is 3. The summed E-state index contributed by atoms with van der Waals surface area (Å²) in [5.74, 6) is -0.300. The number of rotatable bonds is 5. The lowest BCUT2D eigenvalue weighted by atomic mass is 10.1. The van der Waals surface area contributed by atoms with E-state index in [-0.39, 0.29) is 5.82 Å². The molecule has 1 fully saturated rings. The Morgan fingerprint density at radius 1 is 1.04 bits per heavy atom. The van der Waals surface area contributed by atoms with Crippen molar-refractivity contribution in [2.45, 2.75) is 18.9 Å². The van der Waals surface area contributed by atoms with Gasteiger partial charge >= 0.3 is 0 Å². The number of para-hydroxylation sites is 1. The van der Waals surface area contributed by atoms with Crippen LogP contribution in [0.5, 0.6) is 0 Å². The highest BCUT2D eigenvalue weighted by atomic mass is 32.1. The van der Waals surface area contributed by atoms with Gasteiger partial charge in [-0.25, -0.2) is 4.39 Å². The third kappa shape index (κ3) is 4.30. The number of likely N-dealkylation sites (tertiary alicyclic amines) is 1. The van der Waals surface area contributed by atoms with E-state index >= 15 is 0 Å². The molecule has 1 aliphatic rings. The van der Waals surface area contributed by atoms with Gasteiger partial charge in [0.15, 0.2) is 5.11 Å². The molecule has 1 saturated heterocycles. The lowest BCUT2D eigenvalue weighted by molar-refractivity contribution is -0.918. The third-order valence-electron chi connectivity index (χ3n) is 4.53. The first-order valence-electron chi connectivity index (χ1n) is 8.43. The first-order chi connectivity index (χ1) is 11.7. The smallest absolute Gasteiger partial charge is 0.171 e. The maximum absolute atomic E-state index is 13.7. The molecule has 0 radical (unpaired) electrons. The number of benzene rings is 2. The average Bonchev–Trinajstić information content (AvgIpc) is 3.12. The van der Waals surface area contributed by atoms with Gasteiger partial charge in [-0.05, 0) is 24.4 Å². The lowest BCUT2D eigenvalue weighted by Gasteiger charge is -2.26. The van der Waals surface area contributed by atoms with Crippen LogP contribution < -0.4 is 15.5 Å². The molecule has 24 heavy (non-hydrogen) atoms. The predicted octanol–water partition coefficient (Wildman–Crippen LogP) is 2.53. The number of thiocarbonyl (C=S) groups is 1. The molecule has 5 heteroatoms. The topological polar surface area (TPSA) is 28.5 Å². The number of hydrogen-bond acceptors (Lipinski definition) is 1. The SMILES string of the molecule is Fc1ccccc1NC(=S)NC[C@H](c1ccccc1)[NH+]1CCCC1. The second-order valence-electron chi connectivity index (χ2n) is 6.14. The van der Waals surface area contributed by atoms with Gasteiger partial charge in [0.2, 0.25) is 0 Å². The van der Waals surface area contributed by atoms with Crippen molar-refractivity contribution < 1.29 is 9.29 Å². The van der Waals surface area contributed by atoms with E-state index in [9.17, 15) is 4.39 Å².